The summed E-state index contributed by atoms with van der Waals surface area (Å²) in [6, 6.07) is 18.1. The SMILES string of the molecule is CN(C)CCNc1ccc(-c2ccc3cc(N(CC(=O)O)S(=O)(=O)c4cc(Cl)cc(Cl)c4)ccc3c2)nn1. The zero-order chi connectivity index (χ0) is 27.4. The molecule has 0 amide bonds. The van der Waals surface area contributed by atoms with Gasteiger partial charge in [0.1, 0.15) is 12.4 Å². The second kappa shape index (κ2) is 11.5. The fourth-order valence-electron chi connectivity index (χ4n) is 3.78. The van der Waals surface area contributed by atoms with Crippen LogP contribution in [-0.2, 0) is 14.8 Å². The highest BCUT2D eigenvalue weighted by atomic mass is 35.5. The maximum absolute atomic E-state index is 13.4. The Balaban J connectivity index is 1.63. The normalized spacial score (nSPS) is 11.6. The van der Waals surface area contributed by atoms with Crippen molar-refractivity contribution in [3.63, 3.8) is 0 Å². The molecule has 38 heavy (non-hydrogen) atoms. The summed E-state index contributed by atoms with van der Waals surface area (Å²) in [5.74, 6) is -0.628. The summed E-state index contributed by atoms with van der Waals surface area (Å²) in [6.45, 7) is 0.840. The minimum atomic E-state index is -4.27. The first-order valence-corrected chi connectivity index (χ1v) is 13.7. The van der Waals surface area contributed by atoms with E-state index >= 15 is 0 Å². The van der Waals surface area contributed by atoms with Gasteiger partial charge in [-0.25, -0.2) is 8.42 Å². The van der Waals surface area contributed by atoms with Crippen molar-refractivity contribution in [1.29, 1.82) is 0 Å². The highest BCUT2D eigenvalue weighted by Gasteiger charge is 2.28. The van der Waals surface area contributed by atoms with Gasteiger partial charge in [0.05, 0.1) is 16.3 Å². The molecule has 0 aliphatic heterocycles. The highest BCUT2D eigenvalue weighted by molar-refractivity contribution is 7.92. The molecule has 2 N–H and O–H groups in total. The van der Waals surface area contributed by atoms with E-state index in [0.29, 0.717) is 11.5 Å². The van der Waals surface area contributed by atoms with Crippen LogP contribution in [0.25, 0.3) is 22.0 Å². The molecule has 0 aliphatic rings. The average molecular weight is 574 g/mol. The lowest BCUT2D eigenvalue weighted by Gasteiger charge is -2.23. The maximum Gasteiger partial charge on any atom is 0.324 e. The van der Waals surface area contributed by atoms with Crippen LogP contribution in [0.2, 0.25) is 10.0 Å². The molecule has 1 aromatic heterocycles. The van der Waals surface area contributed by atoms with Gasteiger partial charge in [0.25, 0.3) is 10.0 Å². The van der Waals surface area contributed by atoms with Gasteiger partial charge < -0.3 is 15.3 Å². The quantitative estimate of drug-likeness (QED) is 0.276. The molecule has 0 bridgehead atoms. The van der Waals surface area contributed by atoms with Crippen molar-refractivity contribution < 1.29 is 18.3 Å². The second-order valence-corrected chi connectivity index (χ2v) is 11.5. The number of nitrogens with zero attached hydrogens (tertiary/aromatic N) is 4. The van der Waals surface area contributed by atoms with E-state index in [2.05, 4.69) is 20.4 Å². The van der Waals surface area contributed by atoms with Crippen molar-refractivity contribution in [2.45, 2.75) is 4.90 Å². The van der Waals surface area contributed by atoms with Crippen LogP contribution < -0.4 is 9.62 Å². The van der Waals surface area contributed by atoms with E-state index in [0.717, 1.165) is 33.7 Å². The summed E-state index contributed by atoms with van der Waals surface area (Å²) in [4.78, 5) is 13.5. The minimum Gasteiger partial charge on any atom is -0.480 e. The first-order valence-electron chi connectivity index (χ1n) is 11.5. The Morgan fingerprint density at radius 3 is 2.24 bits per heavy atom. The molecule has 9 nitrogen and oxygen atoms in total. The van der Waals surface area contributed by atoms with Crippen molar-refractivity contribution in [1.82, 2.24) is 15.1 Å². The smallest absolute Gasteiger partial charge is 0.324 e. The van der Waals surface area contributed by atoms with E-state index < -0.39 is 22.5 Å². The third-order valence-corrected chi connectivity index (χ3v) is 7.83. The largest absolute Gasteiger partial charge is 0.480 e. The minimum absolute atomic E-state index is 0.123. The molecule has 12 heteroatoms. The molecule has 0 spiro atoms. The van der Waals surface area contributed by atoms with Crippen LogP contribution in [0.1, 0.15) is 0 Å². The summed E-state index contributed by atoms with van der Waals surface area (Å²) in [6.07, 6.45) is 0. The molecular formula is C26H25Cl2N5O4S. The maximum atomic E-state index is 13.4. The summed E-state index contributed by atoms with van der Waals surface area (Å²) >= 11 is 12.0. The predicted octanol–water partition coefficient (Wildman–Crippen LogP) is 4.86. The molecule has 0 atom stereocenters. The lowest BCUT2D eigenvalue weighted by Crippen LogP contribution is -2.35. The first kappa shape index (κ1) is 27.6. The topological polar surface area (TPSA) is 116 Å². The van der Waals surface area contributed by atoms with Crippen LogP contribution in [0.15, 0.2) is 71.6 Å². The van der Waals surface area contributed by atoms with Crippen molar-refractivity contribution in [3.05, 3.63) is 76.8 Å². The van der Waals surface area contributed by atoms with Gasteiger partial charge in [0.15, 0.2) is 0 Å². The number of aromatic nitrogens is 2. The van der Waals surface area contributed by atoms with Crippen molar-refractivity contribution in [3.8, 4) is 11.3 Å². The summed E-state index contributed by atoms with van der Waals surface area (Å²) in [7, 11) is -0.279. The van der Waals surface area contributed by atoms with E-state index in [1.807, 2.05) is 44.4 Å². The van der Waals surface area contributed by atoms with Gasteiger partial charge in [-0.05, 0) is 73.4 Å². The van der Waals surface area contributed by atoms with Gasteiger partial charge in [-0.2, -0.15) is 0 Å². The Hall–Kier alpha value is -3.44. The number of anilines is 2. The number of hydrogen-bond acceptors (Lipinski definition) is 7. The Morgan fingerprint density at radius 1 is 0.921 bits per heavy atom. The van der Waals surface area contributed by atoms with Crippen molar-refractivity contribution in [2.75, 3.05) is 43.4 Å². The van der Waals surface area contributed by atoms with E-state index in [1.165, 1.54) is 18.2 Å². The van der Waals surface area contributed by atoms with E-state index in [4.69, 9.17) is 23.2 Å². The molecule has 0 saturated heterocycles. The number of carboxylic acid groups (broad SMARTS) is 1. The van der Waals surface area contributed by atoms with Gasteiger partial charge in [-0.15, -0.1) is 10.2 Å². The van der Waals surface area contributed by atoms with E-state index in [1.54, 1.807) is 18.2 Å². The molecule has 0 aliphatic carbocycles. The Bertz CT molecular complexity index is 1560. The number of aliphatic carboxylic acids is 1. The van der Waals surface area contributed by atoms with Gasteiger partial charge in [0, 0.05) is 28.7 Å². The number of rotatable bonds is 10. The van der Waals surface area contributed by atoms with Crippen LogP contribution >= 0.6 is 23.2 Å². The summed E-state index contributed by atoms with van der Waals surface area (Å²) < 4.78 is 27.6. The first-order chi connectivity index (χ1) is 18.0. The zero-order valence-corrected chi connectivity index (χ0v) is 22.9. The molecule has 0 radical (unpaired) electrons. The van der Waals surface area contributed by atoms with E-state index in [-0.39, 0.29) is 20.6 Å². The van der Waals surface area contributed by atoms with Crippen LogP contribution in [0, 0.1) is 0 Å². The molecular weight excluding hydrogens is 549 g/mol. The summed E-state index contributed by atoms with van der Waals surface area (Å²) in [5.41, 5.74) is 1.71. The predicted molar refractivity (Wildman–Crippen MR) is 151 cm³/mol. The second-order valence-electron chi connectivity index (χ2n) is 8.79. The zero-order valence-electron chi connectivity index (χ0n) is 20.6. The van der Waals surface area contributed by atoms with E-state index in [9.17, 15) is 18.3 Å². The number of hydrogen-bond donors (Lipinski definition) is 2. The van der Waals surface area contributed by atoms with Crippen LogP contribution in [0.3, 0.4) is 0 Å². The third kappa shape index (κ3) is 6.51. The Labute approximate surface area is 230 Å². The fourth-order valence-corrected chi connectivity index (χ4v) is 5.91. The lowest BCUT2D eigenvalue weighted by molar-refractivity contribution is -0.135. The monoisotopic (exact) mass is 573 g/mol. The van der Waals surface area contributed by atoms with Crippen LogP contribution in [-0.4, -0.2) is 68.3 Å². The standard InChI is InChI=1S/C26H25Cl2N5O4S/c1-32(2)10-9-29-25-8-7-24(30-31-25)19-4-3-18-12-22(6-5-17(18)11-19)33(16-26(34)35)38(36,37)23-14-20(27)13-21(28)15-23/h3-8,11-15H,9-10,16H2,1-2H3,(H,29,31)(H,34,35). The number of halogens is 2. The lowest BCUT2D eigenvalue weighted by atomic mass is 10.0. The number of fused-ring (bicyclic) bond motifs is 1. The van der Waals surface area contributed by atoms with Crippen LogP contribution in [0.5, 0.6) is 0 Å². The van der Waals surface area contributed by atoms with Crippen molar-refractivity contribution >= 4 is 61.5 Å². The number of benzene rings is 3. The molecule has 3 aromatic carbocycles. The van der Waals surface area contributed by atoms with Gasteiger partial charge in [0.2, 0.25) is 0 Å². The van der Waals surface area contributed by atoms with Gasteiger partial charge in [-0.3, -0.25) is 9.10 Å². The molecule has 0 saturated carbocycles. The molecule has 4 aromatic rings. The molecule has 0 fully saturated rings. The average Bonchev–Trinajstić information content (AvgIpc) is 2.86. The molecule has 0 unspecified atom stereocenters. The fraction of sp³-hybridized carbons (Fsp3) is 0.192. The van der Waals surface area contributed by atoms with Gasteiger partial charge >= 0.3 is 5.97 Å². The molecule has 4 rings (SSSR count). The highest BCUT2D eigenvalue weighted by Crippen LogP contribution is 2.31. The van der Waals surface area contributed by atoms with Crippen molar-refractivity contribution in [2.24, 2.45) is 0 Å². The number of likely N-dealkylation sites (N-methyl/N-ethyl adjacent to an activating group) is 1. The van der Waals surface area contributed by atoms with Crippen LogP contribution in [0.4, 0.5) is 11.5 Å². The molecule has 1 heterocycles. The molecule has 198 valence electrons. The number of carboxylic acids is 1. The number of sulfonamides is 1. The Kier molecular flexibility index (Phi) is 8.37. The number of carbonyl (C=O) groups is 1. The Morgan fingerprint density at radius 2 is 1.61 bits per heavy atom. The number of nitrogens with one attached hydrogen (secondary N) is 1. The third-order valence-electron chi connectivity index (χ3n) is 5.64. The van der Waals surface area contributed by atoms with Gasteiger partial charge in [-0.1, -0.05) is 41.4 Å². The summed E-state index contributed by atoms with van der Waals surface area (Å²) in [5, 5.41) is 23.0.